The molecule has 10 aromatic rings. The minimum atomic E-state index is -0.478. The van der Waals surface area contributed by atoms with Crippen LogP contribution < -0.4 is 4.90 Å². The van der Waals surface area contributed by atoms with Gasteiger partial charge in [0.25, 0.3) is 0 Å². The lowest BCUT2D eigenvalue weighted by molar-refractivity contribution is 0.728. The topological polar surface area (TPSA) is 8.17 Å². The van der Waals surface area contributed by atoms with Crippen molar-refractivity contribution < 1.29 is 0 Å². The average molecular weight is 727 g/mol. The number of benzene rings is 9. The van der Waals surface area contributed by atoms with E-state index in [1.54, 1.807) is 0 Å². The molecule has 0 amide bonds. The van der Waals surface area contributed by atoms with Crippen LogP contribution in [0.25, 0.3) is 49.7 Å². The SMILES string of the molecule is c1ccc(-c2ccc(N(c3ccccc3)c3ccc(-c4ccc5c(c4)c4cccc6c4n5-c4ccccc4C6(c4ccccc4)c4ccccc4)cc3)cc2)cc1. The van der Waals surface area contributed by atoms with Crippen LogP contribution in [0, 0.1) is 0 Å². The number of hydrogen-bond donors (Lipinski definition) is 0. The maximum absolute atomic E-state index is 2.51. The smallest absolute Gasteiger partial charge is 0.0742 e. The molecule has 2 heteroatoms. The van der Waals surface area contributed by atoms with Gasteiger partial charge in [0.15, 0.2) is 0 Å². The highest BCUT2D eigenvalue weighted by Gasteiger charge is 2.45. The first-order valence-electron chi connectivity index (χ1n) is 19.7. The largest absolute Gasteiger partial charge is 0.311 e. The van der Waals surface area contributed by atoms with Crippen LogP contribution in [0.2, 0.25) is 0 Å². The second-order valence-corrected chi connectivity index (χ2v) is 14.9. The summed E-state index contributed by atoms with van der Waals surface area (Å²) in [7, 11) is 0. The van der Waals surface area contributed by atoms with Gasteiger partial charge in [0.2, 0.25) is 0 Å². The van der Waals surface area contributed by atoms with Gasteiger partial charge in [-0.05, 0) is 99.1 Å². The Kier molecular flexibility index (Phi) is 7.75. The van der Waals surface area contributed by atoms with Gasteiger partial charge in [0.05, 0.1) is 22.1 Å². The predicted molar refractivity (Wildman–Crippen MR) is 238 cm³/mol. The molecule has 1 aliphatic rings. The van der Waals surface area contributed by atoms with Crippen molar-refractivity contribution >= 4 is 38.9 Å². The van der Waals surface area contributed by atoms with Gasteiger partial charge in [-0.15, -0.1) is 0 Å². The highest BCUT2D eigenvalue weighted by atomic mass is 15.1. The summed E-state index contributed by atoms with van der Waals surface area (Å²) >= 11 is 0. The molecule has 0 unspecified atom stereocenters. The van der Waals surface area contributed by atoms with Gasteiger partial charge < -0.3 is 9.47 Å². The Morgan fingerprint density at radius 1 is 0.333 bits per heavy atom. The molecule has 0 aliphatic carbocycles. The Labute approximate surface area is 333 Å². The Morgan fingerprint density at radius 3 is 1.44 bits per heavy atom. The third-order valence-electron chi connectivity index (χ3n) is 11.9. The van der Waals surface area contributed by atoms with Crippen molar-refractivity contribution in [2.45, 2.75) is 5.41 Å². The number of anilines is 3. The van der Waals surface area contributed by atoms with Crippen LogP contribution in [0.3, 0.4) is 0 Å². The molecule has 11 rings (SSSR count). The van der Waals surface area contributed by atoms with Crippen LogP contribution in [-0.4, -0.2) is 4.57 Å². The van der Waals surface area contributed by atoms with E-state index in [0.717, 1.165) is 17.1 Å². The third kappa shape index (κ3) is 5.18. The molecular weight excluding hydrogens is 689 g/mol. The molecule has 1 aliphatic heterocycles. The molecule has 57 heavy (non-hydrogen) atoms. The summed E-state index contributed by atoms with van der Waals surface area (Å²) in [4.78, 5) is 2.33. The fourth-order valence-electron chi connectivity index (χ4n) is 9.36. The first kappa shape index (κ1) is 33.0. The zero-order valence-electron chi connectivity index (χ0n) is 31.3. The third-order valence-corrected chi connectivity index (χ3v) is 11.9. The number of rotatable bonds is 7. The van der Waals surface area contributed by atoms with Gasteiger partial charge in [0.1, 0.15) is 0 Å². The quantitative estimate of drug-likeness (QED) is 0.159. The minimum absolute atomic E-state index is 0.478. The molecule has 1 aromatic heterocycles. The molecular formula is C55H38N2. The van der Waals surface area contributed by atoms with E-state index in [-0.39, 0.29) is 0 Å². The maximum atomic E-state index is 2.51. The van der Waals surface area contributed by atoms with Crippen molar-refractivity contribution in [2.24, 2.45) is 0 Å². The van der Waals surface area contributed by atoms with E-state index >= 15 is 0 Å². The highest BCUT2D eigenvalue weighted by molar-refractivity contribution is 6.13. The van der Waals surface area contributed by atoms with Crippen molar-refractivity contribution in [3.63, 3.8) is 0 Å². The first-order chi connectivity index (χ1) is 28.3. The maximum Gasteiger partial charge on any atom is 0.0742 e. The van der Waals surface area contributed by atoms with Crippen LogP contribution >= 0.6 is 0 Å². The summed E-state index contributed by atoms with van der Waals surface area (Å²) in [5.41, 5.74) is 16.5. The summed E-state index contributed by atoms with van der Waals surface area (Å²) in [5, 5.41) is 2.52. The van der Waals surface area contributed by atoms with Gasteiger partial charge in [-0.1, -0.05) is 176 Å². The second-order valence-electron chi connectivity index (χ2n) is 14.9. The summed E-state index contributed by atoms with van der Waals surface area (Å²) in [5.74, 6) is 0. The molecule has 0 N–H and O–H groups in total. The van der Waals surface area contributed by atoms with Crippen LogP contribution in [0.4, 0.5) is 17.1 Å². The molecule has 0 spiro atoms. The molecule has 0 saturated carbocycles. The lowest BCUT2D eigenvalue weighted by Crippen LogP contribution is -2.35. The minimum Gasteiger partial charge on any atom is -0.311 e. The highest BCUT2D eigenvalue weighted by Crippen LogP contribution is 2.54. The number of hydrogen-bond acceptors (Lipinski definition) is 1. The molecule has 9 aromatic carbocycles. The van der Waals surface area contributed by atoms with E-state index in [0.29, 0.717) is 0 Å². The van der Waals surface area contributed by atoms with Gasteiger partial charge in [-0.25, -0.2) is 0 Å². The average Bonchev–Trinajstić information content (AvgIpc) is 3.63. The Hall–Kier alpha value is -7.42. The van der Waals surface area contributed by atoms with E-state index in [9.17, 15) is 0 Å². The zero-order chi connectivity index (χ0) is 37.8. The number of aromatic nitrogens is 1. The van der Waals surface area contributed by atoms with Gasteiger partial charge in [0, 0.05) is 27.8 Å². The number of fused-ring (bicyclic) bond motifs is 5. The monoisotopic (exact) mass is 726 g/mol. The summed E-state index contributed by atoms with van der Waals surface area (Å²) in [6, 6.07) is 84.1. The normalized spacial score (nSPS) is 12.7. The molecule has 0 saturated heterocycles. The molecule has 0 atom stereocenters. The van der Waals surface area contributed by atoms with Crippen molar-refractivity contribution in [3.05, 3.63) is 253 Å². The van der Waals surface area contributed by atoms with Crippen molar-refractivity contribution in [2.75, 3.05) is 4.90 Å². The van der Waals surface area contributed by atoms with Crippen molar-refractivity contribution in [1.29, 1.82) is 0 Å². The number of nitrogens with zero attached hydrogens (tertiary/aromatic N) is 2. The van der Waals surface area contributed by atoms with Crippen LogP contribution in [0.5, 0.6) is 0 Å². The molecule has 0 radical (unpaired) electrons. The van der Waals surface area contributed by atoms with Crippen molar-refractivity contribution in [3.8, 4) is 27.9 Å². The van der Waals surface area contributed by atoms with Crippen molar-refractivity contribution in [1.82, 2.24) is 4.57 Å². The van der Waals surface area contributed by atoms with E-state index in [1.165, 1.54) is 72.0 Å². The van der Waals surface area contributed by atoms with E-state index in [2.05, 4.69) is 240 Å². The van der Waals surface area contributed by atoms with Gasteiger partial charge in [-0.2, -0.15) is 0 Å². The standard InChI is InChI=1S/C55H38N2/c1-5-16-39(17-6-1)40-28-33-46(34-29-40)56(45-22-11-4-12-23-45)47-35-30-41(31-36-47)42-32-37-52-49(38-42)48-24-15-26-51-54(48)57(52)53-27-14-13-25-50(53)55(51,43-18-7-2-8-19-43)44-20-9-3-10-21-44/h1-38H. The first-order valence-corrected chi connectivity index (χ1v) is 19.7. The lowest BCUT2D eigenvalue weighted by Gasteiger charge is -2.41. The number of para-hydroxylation sites is 3. The molecule has 2 nitrogen and oxygen atoms in total. The van der Waals surface area contributed by atoms with Crippen LogP contribution in [-0.2, 0) is 5.41 Å². The van der Waals surface area contributed by atoms with Crippen LogP contribution in [0.1, 0.15) is 22.3 Å². The van der Waals surface area contributed by atoms with Gasteiger partial charge in [-0.3, -0.25) is 0 Å². The zero-order valence-corrected chi connectivity index (χ0v) is 31.3. The second kappa shape index (κ2) is 13.4. The lowest BCUT2D eigenvalue weighted by atomic mass is 9.63. The molecule has 0 fully saturated rings. The van der Waals surface area contributed by atoms with E-state index < -0.39 is 5.41 Å². The molecule has 2 heterocycles. The van der Waals surface area contributed by atoms with E-state index in [1.807, 2.05) is 0 Å². The fourth-order valence-corrected chi connectivity index (χ4v) is 9.36. The fraction of sp³-hybridized carbons (Fsp3) is 0.0182. The molecule has 0 bridgehead atoms. The predicted octanol–water partition coefficient (Wildman–Crippen LogP) is 14.3. The summed E-state index contributed by atoms with van der Waals surface area (Å²) in [6.45, 7) is 0. The summed E-state index contributed by atoms with van der Waals surface area (Å²) in [6.07, 6.45) is 0. The Morgan fingerprint density at radius 2 is 0.807 bits per heavy atom. The van der Waals surface area contributed by atoms with E-state index in [4.69, 9.17) is 0 Å². The summed E-state index contributed by atoms with van der Waals surface area (Å²) < 4.78 is 2.51. The van der Waals surface area contributed by atoms with Crippen LogP contribution in [0.15, 0.2) is 231 Å². The Bertz CT molecular complexity index is 2980. The molecule has 268 valence electrons. The van der Waals surface area contributed by atoms with Gasteiger partial charge >= 0.3 is 0 Å². The Balaban J connectivity index is 1.05.